The predicted molar refractivity (Wildman–Crippen MR) is 86.0 cm³/mol. The fraction of sp³-hybridized carbons (Fsp3) is 0.800. The quantitative estimate of drug-likeness (QED) is 0.793. The Hall–Kier alpha value is -1.28. The van der Waals surface area contributed by atoms with E-state index in [1.54, 1.807) is 23.6 Å². The number of thioether (sulfide) groups is 1. The normalized spacial score (nSPS) is 28.0. The van der Waals surface area contributed by atoms with Crippen molar-refractivity contribution in [3.8, 4) is 0 Å². The van der Waals surface area contributed by atoms with Crippen LogP contribution in [0.3, 0.4) is 0 Å². The molecule has 23 heavy (non-hydrogen) atoms. The SMILES string of the molecule is CCCCC(=O)N1CSCC1C(=O)N1CC(C(=O)O)O[C@H](C)C1. The number of carboxylic acid groups (broad SMARTS) is 1. The molecule has 0 aliphatic carbocycles. The van der Waals surface area contributed by atoms with Crippen LogP contribution in [0.25, 0.3) is 0 Å². The van der Waals surface area contributed by atoms with E-state index >= 15 is 0 Å². The van der Waals surface area contributed by atoms with Crippen molar-refractivity contribution in [3.63, 3.8) is 0 Å². The summed E-state index contributed by atoms with van der Waals surface area (Å²) < 4.78 is 5.34. The molecule has 0 saturated carbocycles. The molecule has 2 heterocycles. The third kappa shape index (κ3) is 4.38. The highest BCUT2D eigenvalue weighted by atomic mass is 32.2. The van der Waals surface area contributed by atoms with Crippen molar-refractivity contribution in [3.05, 3.63) is 0 Å². The number of carbonyl (C=O) groups is 3. The Kier molecular flexibility index (Phi) is 6.29. The van der Waals surface area contributed by atoms with E-state index in [1.165, 1.54) is 4.90 Å². The lowest BCUT2D eigenvalue weighted by molar-refractivity contribution is -0.168. The number of hydrogen-bond donors (Lipinski definition) is 1. The van der Waals surface area contributed by atoms with E-state index in [0.717, 1.165) is 12.8 Å². The number of rotatable bonds is 5. The van der Waals surface area contributed by atoms with Gasteiger partial charge in [0.25, 0.3) is 0 Å². The van der Waals surface area contributed by atoms with Crippen molar-refractivity contribution < 1.29 is 24.2 Å². The molecule has 2 amide bonds. The van der Waals surface area contributed by atoms with Gasteiger partial charge in [0.2, 0.25) is 11.8 Å². The van der Waals surface area contributed by atoms with Gasteiger partial charge in [-0.25, -0.2) is 4.79 Å². The van der Waals surface area contributed by atoms with Gasteiger partial charge in [0.05, 0.1) is 18.5 Å². The molecule has 0 aromatic carbocycles. The molecule has 0 aromatic rings. The molecule has 2 aliphatic heterocycles. The summed E-state index contributed by atoms with van der Waals surface area (Å²) in [6.45, 7) is 4.18. The Morgan fingerprint density at radius 1 is 1.30 bits per heavy atom. The fourth-order valence-corrected chi connectivity index (χ4v) is 4.02. The Morgan fingerprint density at radius 3 is 2.70 bits per heavy atom. The van der Waals surface area contributed by atoms with Crippen molar-refractivity contribution in [2.45, 2.75) is 51.4 Å². The van der Waals surface area contributed by atoms with E-state index in [-0.39, 0.29) is 24.5 Å². The maximum atomic E-state index is 12.8. The molecule has 0 radical (unpaired) electrons. The van der Waals surface area contributed by atoms with E-state index in [1.807, 2.05) is 6.92 Å². The zero-order chi connectivity index (χ0) is 17.0. The van der Waals surface area contributed by atoms with E-state index in [0.29, 0.717) is 24.6 Å². The maximum absolute atomic E-state index is 12.8. The predicted octanol–water partition coefficient (Wildman–Crippen LogP) is 0.779. The highest BCUT2D eigenvalue weighted by molar-refractivity contribution is 7.99. The Morgan fingerprint density at radius 2 is 2.04 bits per heavy atom. The van der Waals surface area contributed by atoms with E-state index in [2.05, 4.69) is 0 Å². The molecular weight excluding hydrogens is 320 g/mol. The largest absolute Gasteiger partial charge is 0.479 e. The fourth-order valence-electron chi connectivity index (χ4n) is 2.84. The molecule has 0 aromatic heterocycles. The molecule has 8 heteroatoms. The van der Waals surface area contributed by atoms with Crippen LogP contribution in [0.1, 0.15) is 33.1 Å². The van der Waals surface area contributed by atoms with Gasteiger partial charge in [-0.15, -0.1) is 11.8 Å². The van der Waals surface area contributed by atoms with Crippen LogP contribution < -0.4 is 0 Å². The summed E-state index contributed by atoms with van der Waals surface area (Å²) in [4.78, 5) is 39.4. The summed E-state index contributed by atoms with van der Waals surface area (Å²) in [6, 6.07) is -0.482. The number of unbranched alkanes of at least 4 members (excludes halogenated alkanes) is 1. The number of ether oxygens (including phenoxy) is 1. The molecule has 2 fully saturated rings. The second kappa shape index (κ2) is 8.01. The van der Waals surface area contributed by atoms with E-state index in [4.69, 9.17) is 9.84 Å². The first-order chi connectivity index (χ1) is 10.9. The number of carbonyl (C=O) groups excluding carboxylic acids is 2. The molecule has 2 rings (SSSR count). The van der Waals surface area contributed by atoms with Crippen LogP contribution in [-0.2, 0) is 19.1 Å². The van der Waals surface area contributed by atoms with E-state index in [9.17, 15) is 14.4 Å². The first kappa shape index (κ1) is 18.1. The van der Waals surface area contributed by atoms with Crippen LogP contribution in [0, 0.1) is 0 Å². The lowest BCUT2D eigenvalue weighted by Gasteiger charge is -2.37. The molecule has 7 nitrogen and oxygen atoms in total. The van der Waals surface area contributed by atoms with E-state index < -0.39 is 18.1 Å². The second-order valence-corrected chi connectivity index (χ2v) is 7.00. The first-order valence-corrected chi connectivity index (χ1v) is 9.13. The van der Waals surface area contributed by atoms with Gasteiger partial charge in [-0.3, -0.25) is 9.59 Å². The minimum absolute atomic E-state index is 0.00583. The summed E-state index contributed by atoms with van der Waals surface area (Å²) in [5.74, 6) is -0.125. The average molecular weight is 344 g/mol. The van der Waals surface area contributed by atoms with Crippen molar-refractivity contribution in [1.29, 1.82) is 0 Å². The van der Waals surface area contributed by atoms with Gasteiger partial charge < -0.3 is 19.6 Å². The van der Waals surface area contributed by atoms with Crippen molar-refractivity contribution in [2.75, 3.05) is 24.7 Å². The molecule has 0 bridgehead atoms. The maximum Gasteiger partial charge on any atom is 0.334 e. The third-order valence-corrected chi connectivity index (χ3v) is 5.09. The molecular formula is C15H24N2O5S. The number of hydrogen-bond acceptors (Lipinski definition) is 5. The molecule has 0 spiro atoms. The Labute approximate surface area is 140 Å². The summed E-state index contributed by atoms with van der Waals surface area (Å²) in [5, 5.41) is 9.13. The van der Waals surface area contributed by atoms with Crippen LogP contribution in [0.2, 0.25) is 0 Å². The second-order valence-electron chi connectivity index (χ2n) is 6.00. The summed E-state index contributed by atoms with van der Waals surface area (Å²) >= 11 is 1.56. The van der Waals surface area contributed by atoms with Gasteiger partial charge >= 0.3 is 5.97 Å². The smallest absolute Gasteiger partial charge is 0.334 e. The zero-order valence-corrected chi connectivity index (χ0v) is 14.4. The minimum Gasteiger partial charge on any atom is -0.479 e. The number of morpholine rings is 1. The summed E-state index contributed by atoms with van der Waals surface area (Å²) in [6.07, 6.45) is 0.884. The first-order valence-electron chi connectivity index (χ1n) is 7.98. The molecule has 3 atom stereocenters. The monoisotopic (exact) mass is 344 g/mol. The topological polar surface area (TPSA) is 87.2 Å². The molecule has 2 saturated heterocycles. The van der Waals surface area contributed by atoms with Crippen molar-refractivity contribution in [2.24, 2.45) is 0 Å². The lowest BCUT2D eigenvalue weighted by Crippen LogP contribution is -2.57. The Balaban J connectivity index is 2.03. The number of carboxylic acids is 1. The zero-order valence-electron chi connectivity index (χ0n) is 13.6. The van der Waals surface area contributed by atoms with Crippen LogP contribution in [0.15, 0.2) is 0 Å². The number of aliphatic carboxylic acids is 1. The average Bonchev–Trinajstić information content (AvgIpc) is 3.00. The third-order valence-electron chi connectivity index (χ3n) is 4.08. The standard InChI is InChI=1S/C15H24N2O5S/c1-3-4-5-13(18)17-9-23-8-11(17)14(19)16-6-10(2)22-12(7-16)15(20)21/h10-12H,3-9H2,1-2H3,(H,20,21)/t10-,11?,12?/m1/s1. The number of nitrogens with zero attached hydrogens (tertiary/aromatic N) is 2. The highest BCUT2D eigenvalue weighted by Crippen LogP contribution is 2.25. The minimum atomic E-state index is -1.06. The van der Waals surface area contributed by atoms with Crippen LogP contribution >= 0.6 is 11.8 Å². The van der Waals surface area contributed by atoms with Crippen LogP contribution in [0.4, 0.5) is 0 Å². The van der Waals surface area contributed by atoms with Crippen LogP contribution in [0.5, 0.6) is 0 Å². The van der Waals surface area contributed by atoms with Gasteiger partial charge in [-0.1, -0.05) is 13.3 Å². The lowest BCUT2D eigenvalue weighted by atomic mass is 10.1. The van der Waals surface area contributed by atoms with Gasteiger partial charge in [0.15, 0.2) is 6.10 Å². The van der Waals surface area contributed by atoms with Crippen molar-refractivity contribution in [1.82, 2.24) is 9.80 Å². The highest BCUT2D eigenvalue weighted by Gasteiger charge is 2.40. The molecule has 2 aliphatic rings. The van der Waals surface area contributed by atoms with Crippen LogP contribution in [-0.4, -0.2) is 75.7 Å². The summed E-state index contributed by atoms with van der Waals surface area (Å²) in [5.41, 5.74) is 0. The Bertz CT molecular complexity index is 473. The van der Waals surface area contributed by atoms with Crippen molar-refractivity contribution >= 4 is 29.5 Å². The van der Waals surface area contributed by atoms with Gasteiger partial charge in [0, 0.05) is 18.7 Å². The van der Waals surface area contributed by atoms with Gasteiger partial charge in [0.1, 0.15) is 6.04 Å². The molecule has 2 unspecified atom stereocenters. The number of amides is 2. The van der Waals surface area contributed by atoms with Gasteiger partial charge in [-0.05, 0) is 13.3 Å². The molecule has 130 valence electrons. The summed E-state index contributed by atoms with van der Waals surface area (Å²) in [7, 11) is 0. The van der Waals surface area contributed by atoms with Gasteiger partial charge in [-0.2, -0.15) is 0 Å². The molecule has 1 N–H and O–H groups in total.